The van der Waals surface area contributed by atoms with Crippen molar-refractivity contribution in [3.63, 3.8) is 0 Å². The second kappa shape index (κ2) is 5.01. The standard InChI is InChI=1S/C12H18N2O/c1-5-8(2)6-12(15)11-7-9(3)13-14-10(11)4/h7-8H,5-6H2,1-4H3. The Kier molecular flexibility index (Phi) is 3.95. The van der Waals surface area contributed by atoms with E-state index in [1.54, 1.807) is 0 Å². The quantitative estimate of drug-likeness (QED) is 0.711. The predicted molar refractivity (Wildman–Crippen MR) is 59.9 cm³/mol. The number of rotatable bonds is 4. The molecule has 1 atom stereocenters. The van der Waals surface area contributed by atoms with E-state index in [1.165, 1.54) is 0 Å². The predicted octanol–water partition coefficient (Wildman–Crippen LogP) is 2.71. The fraction of sp³-hybridized carbons (Fsp3) is 0.583. The monoisotopic (exact) mass is 206 g/mol. The fourth-order valence-electron chi connectivity index (χ4n) is 1.40. The molecular weight excluding hydrogens is 188 g/mol. The first kappa shape index (κ1) is 11.8. The Morgan fingerprint density at radius 1 is 1.40 bits per heavy atom. The minimum atomic E-state index is 0.180. The van der Waals surface area contributed by atoms with Crippen LogP contribution in [0.5, 0.6) is 0 Å². The summed E-state index contributed by atoms with van der Waals surface area (Å²) in [5, 5.41) is 7.88. The van der Waals surface area contributed by atoms with Crippen LogP contribution in [0.3, 0.4) is 0 Å². The first-order chi connectivity index (χ1) is 7.04. The number of nitrogens with zero attached hydrogens (tertiary/aromatic N) is 2. The lowest BCUT2D eigenvalue weighted by Gasteiger charge is -2.08. The Morgan fingerprint density at radius 3 is 2.67 bits per heavy atom. The van der Waals surface area contributed by atoms with E-state index in [1.807, 2.05) is 19.9 Å². The van der Waals surface area contributed by atoms with Gasteiger partial charge in [0.25, 0.3) is 0 Å². The number of hydrogen-bond acceptors (Lipinski definition) is 3. The molecule has 0 amide bonds. The molecule has 1 aromatic heterocycles. The number of aromatic nitrogens is 2. The zero-order chi connectivity index (χ0) is 11.4. The van der Waals surface area contributed by atoms with Crippen LogP contribution in [0.4, 0.5) is 0 Å². The van der Waals surface area contributed by atoms with Crippen molar-refractivity contribution >= 4 is 5.78 Å². The van der Waals surface area contributed by atoms with Crippen molar-refractivity contribution in [2.75, 3.05) is 0 Å². The largest absolute Gasteiger partial charge is 0.294 e. The minimum absolute atomic E-state index is 0.180. The molecule has 3 heteroatoms. The van der Waals surface area contributed by atoms with Gasteiger partial charge in [-0.25, -0.2) is 0 Å². The SMILES string of the molecule is CCC(C)CC(=O)c1cc(C)nnc1C. The molecule has 82 valence electrons. The normalized spacial score (nSPS) is 12.5. The van der Waals surface area contributed by atoms with Crippen molar-refractivity contribution < 1.29 is 4.79 Å². The van der Waals surface area contributed by atoms with Crippen LogP contribution in [0.15, 0.2) is 6.07 Å². The van der Waals surface area contributed by atoms with Crippen LogP contribution in [0, 0.1) is 19.8 Å². The van der Waals surface area contributed by atoms with E-state index >= 15 is 0 Å². The van der Waals surface area contributed by atoms with Crippen LogP contribution < -0.4 is 0 Å². The number of ketones is 1. The van der Waals surface area contributed by atoms with E-state index in [0.717, 1.165) is 23.4 Å². The van der Waals surface area contributed by atoms with Crippen LogP contribution in [-0.4, -0.2) is 16.0 Å². The highest BCUT2D eigenvalue weighted by atomic mass is 16.1. The molecule has 0 aromatic carbocycles. The van der Waals surface area contributed by atoms with E-state index < -0.39 is 0 Å². The summed E-state index contributed by atoms with van der Waals surface area (Å²) in [5.74, 6) is 0.616. The van der Waals surface area contributed by atoms with Crippen molar-refractivity contribution in [1.29, 1.82) is 0 Å². The molecule has 0 saturated carbocycles. The number of carbonyl (C=O) groups excluding carboxylic acids is 1. The second-order valence-electron chi connectivity index (χ2n) is 4.13. The summed E-state index contributed by atoms with van der Waals surface area (Å²) in [6.07, 6.45) is 1.63. The van der Waals surface area contributed by atoms with Crippen molar-refractivity contribution in [2.24, 2.45) is 5.92 Å². The topological polar surface area (TPSA) is 42.9 Å². The van der Waals surface area contributed by atoms with Crippen LogP contribution in [0.2, 0.25) is 0 Å². The van der Waals surface area contributed by atoms with Gasteiger partial charge in [0, 0.05) is 12.0 Å². The molecule has 1 rings (SSSR count). The summed E-state index contributed by atoms with van der Waals surface area (Å²) in [6, 6.07) is 1.83. The van der Waals surface area contributed by atoms with Crippen LogP contribution >= 0.6 is 0 Å². The Hall–Kier alpha value is -1.25. The Balaban J connectivity index is 2.86. The fourth-order valence-corrected chi connectivity index (χ4v) is 1.40. The summed E-state index contributed by atoms with van der Waals surface area (Å²) in [4.78, 5) is 11.9. The third kappa shape index (κ3) is 3.11. The van der Waals surface area contributed by atoms with Crippen LogP contribution in [-0.2, 0) is 0 Å². The summed E-state index contributed by atoms with van der Waals surface area (Å²) in [7, 11) is 0. The van der Waals surface area contributed by atoms with E-state index in [9.17, 15) is 4.79 Å². The molecule has 1 unspecified atom stereocenters. The third-order valence-electron chi connectivity index (χ3n) is 2.63. The van der Waals surface area contributed by atoms with Gasteiger partial charge in [-0.2, -0.15) is 10.2 Å². The van der Waals surface area contributed by atoms with Gasteiger partial charge in [0.1, 0.15) is 0 Å². The van der Waals surface area contributed by atoms with Gasteiger partial charge in [0.05, 0.1) is 11.4 Å². The summed E-state index contributed by atoms with van der Waals surface area (Å²) in [5.41, 5.74) is 2.25. The maximum Gasteiger partial charge on any atom is 0.165 e. The highest BCUT2D eigenvalue weighted by molar-refractivity contribution is 5.97. The van der Waals surface area contributed by atoms with E-state index in [-0.39, 0.29) is 5.78 Å². The molecule has 0 N–H and O–H groups in total. The van der Waals surface area contributed by atoms with Gasteiger partial charge in [0.2, 0.25) is 0 Å². The number of aryl methyl sites for hydroxylation is 2. The molecule has 1 heterocycles. The van der Waals surface area contributed by atoms with Gasteiger partial charge in [-0.1, -0.05) is 20.3 Å². The van der Waals surface area contributed by atoms with Gasteiger partial charge in [0.15, 0.2) is 5.78 Å². The molecule has 3 nitrogen and oxygen atoms in total. The van der Waals surface area contributed by atoms with Gasteiger partial charge in [-0.3, -0.25) is 4.79 Å². The van der Waals surface area contributed by atoms with Crippen molar-refractivity contribution in [2.45, 2.75) is 40.5 Å². The van der Waals surface area contributed by atoms with E-state index in [2.05, 4.69) is 24.0 Å². The first-order valence-electron chi connectivity index (χ1n) is 5.38. The third-order valence-corrected chi connectivity index (χ3v) is 2.63. The molecule has 0 fully saturated rings. The average molecular weight is 206 g/mol. The lowest BCUT2D eigenvalue weighted by molar-refractivity contribution is 0.0962. The molecule has 0 aliphatic heterocycles. The van der Waals surface area contributed by atoms with E-state index in [4.69, 9.17) is 0 Å². The van der Waals surface area contributed by atoms with Gasteiger partial charge >= 0.3 is 0 Å². The van der Waals surface area contributed by atoms with Crippen molar-refractivity contribution in [3.8, 4) is 0 Å². The van der Waals surface area contributed by atoms with Crippen molar-refractivity contribution in [1.82, 2.24) is 10.2 Å². The first-order valence-corrected chi connectivity index (χ1v) is 5.38. The summed E-state index contributed by atoms with van der Waals surface area (Å²) < 4.78 is 0. The molecule has 0 radical (unpaired) electrons. The zero-order valence-corrected chi connectivity index (χ0v) is 9.87. The minimum Gasteiger partial charge on any atom is -0.294 e. The molecule has 1 aromatic rings. The number of carbonyl (C=O) groups is 1. The summed E-state index contributed by atoms with van der Waals surface area (Å²) >= 11 is 0. The molecule has 0 aliphatic carbocycles. The van der Waals surface area contributed by atoms with Crippen LogP contribution in [0.1, 0.15) is 48.4 Å². The van der Waals surface area contributed by atoms with Gasteiger partial charge in [-0.05, 0) is 25.8 Å². The molecular formula is C12H18N2O. The number of Topliss-reactive ketones (excluding diaryl/α,β-unsaturated/α-hetero) is 1. The highest BCUT2D eigenvalue weighted by Crippen LogP contribution is 2.14. The number of hydrogen-bond donors (Lipinski definition) is 0. The lowest BCUT2D eigenvalue weighted by atomic mass is 9.97. The van der Waals surface area contributed by atoms with Crippen molar-refractivity contribution in [3.05, 3.63) is 23.0 Å². The maximum atomic E-state index is 11.9. The lowest BCUT2D eigenvalue weighted by Crippen LogP contribution is -2.09. The molecule has 0 bridgehead atoms. The Labute approximate surface area is 90.9 Å². The smallest absolute Gasteiger partial charge is 0.165 e. The van der Waals surface area contributed by atoms with Crippen LogP contribution in [0.25, 0.3) is 0 Å². The molecule has 15 heavy (non-hydrogen) atoms. The second-order valence-corrected chi connectivity index (χ2v) is 4.13. The van der Waals surface area contributed by atoms with Gasteiger partial charge in [-0.15, -0.1) is 0 Å². The molecule has 0 aliphatic rings. The Bertz CT molecular complexity index is 361. The van der Waals surface area contributed by atoms with E-state index in [0.29, 0.717) is 12.3 Å². The molecule has 0 spiro atoms. The average Bonchev–Trinajstić information content (AvgIpc) is 2.21. The van der Waals surface area contributed by atoms with Gasteiger partial charge < -0.3 is 0 Å². The summed E-state index contributed by atoms with van der Waals surface area (Å²) in [6.45, 7) is 7.87. The Morgan fingerprint density at radius 2 is 2.07 bits per heavy atom. The maximum absolute atomic E-state index is 11.9. The zero-order valence-electron chi connectivity index (χ0n) is 9.87. The molecule has 0 saturated heterocycles. The highest BCUT2D eigenvalue weighted by Gasteiger charge is 2.13.